The Bertz CT molecular complexity index is 869. The predicted molar refractivity (Wildman–Crippen MR) is 112 cm³/mol. The SMILES string of the molecule is COc1ccc(COC(=O)C23CC(C)(C)ON2C2(CN(C(=O)OC(C)(C)C)C2)C3)cc1. The van der Waals surface area contributed by atoms with Gasteiger partial charge >= 0.3 is 12.1 Å². The largest absolute Gasteiger partial charge is 0.497 e. The molecule has 3 aliphatic rings. The van der Waals surface area contributed by atoms with Crippen molar-refractivity contribution in [2.75, 3.05) is 20.2 Å². The van der Waals surface area contributed by atoms with Crippen LogP contribution in [0.1, 0.15) is 53.0 Å². The summed E-state index contributed by atoms with van der Waals surface area (Å²) in [6, 6.07) is 7.44. The van der Waals surface area contributed by atoms with Crippen molar-refractivity contribution in [1.29, 1.82) is 0 Å². The molecule has 4 rings (SSSR count). The lowest BCUT2D eigenvalue weighted by atomic mass is 9.64. The van der Waals surface area contributed by atoms with E-state index in [0.717, 1.165) is 11.3 Å². The summed E-state index contributed by atoms with van der Waals surface area (Å²) in [7, 11) is 1.61. The van der Waals surface area contributed by atoms with Crippen LogP contribution in [0, 0.1) is 0 Å². The van der Waals surface area contributed by atoms with Crippen LogP contribution in [0.5, 0.6) is 5.75 Å². The zero-order valence-corrected chi connectivity index (χ0v) is 19.2. The first-order valence-electron chi connectivity index (χ1n) is 10.7. The average molecular weight is 433 g/mol. The molecule has 3 saturated heterocycles. The third-order valence-electron chi connectivity index (χ3n) is 6.03. The van der Waals surface area contributed by atoms with Gasteiger partial charge in [-0.05, 0) is 52.3 Å². The molecule has 0 aromatic heterocycles. The lowest BCUT2D eigenvalue weighted by Crippen LogP contribution is -2.84. The highest BCUT2D eigenvalue weighted by molar-refractivity contribution is 5.84. The van der Waals surface area contributed by atoms with Crippen LogP contribution < -0.4 is 4.74 Å². The molecule has 1 spiro atoms. The van der Waals surface area contributed by atoms with E-state index in [-0.39, 0.29) is 24.2 Å². The summed E-state index contributed by atoms with van der Waals surface area (Å²) >= 11 is 0. The van der Waals surface area contributed by atoms with Gasteiger partial charge < -0.3 is 19.1 Å². The lowest BCUT2D eigenvalue weighted by molar-refractivity contribution is -0.346. The van der Waals surface area contributed by atoms with Gasteiger partial charge in [0.05, 0.1) is 18.2 Å². The van der Waals surface area contributed by atoms with Crippen molar-refractivity contribution in [3.63, 3.8) is 0 Å². The molecule has 3 fully saturated rings. The van der Waals surface area contributed by atoms with Crippen molar-refractivity contribution in [2.24, 2.45) is 0 Å². The maximum atomic E-state index is 13.2. The van der Waals surface area contributed by atoms with Crippen molar-refractivity contribution in [1.82, 2.24) is 9.96 Å². The topological polar surface area (TPSA) is 77.5 Å². The second kappa shape index (κ2) is 7.10. The maximum Gasteiger partial charge on any atom is 0.410 e. The zero-order valence-electron chi connectivity index (χ0n) is 19.2. The highest BCUT2D eigenvalue weighted by Gasteiger charge is 2.76. The zero-order chi connectivity index (χ0) is 22.7. The molecule has 8 heteroatoms. The number of carbonyl (C=O) groups excluding carboxylic acids is 2. The third kappa shape index (κ3) is 3.87. The maximum absolute atomic E-state index is 13.2. The van der Waals surface area contributed by atoms with E-state index >= 15 is 0 Å². The van der Waals surface area contributed by atoms with Crippen LogP contribution in [0.15, 0.2) is 24.3 Å². The summed E-state index contributed by atoms with van der Waals surface area (Å²) in [5, 5.41) is 1.80. The first-order valence-corrected chi connectivity index (χ1v) is 10.7. The molecule has 0 N–H and O–H groups in total. The fourth-order valence-corrected chi connectivity index (χ4v) is 4.95. The third-order valence-corrected chi connectivity index (χ3v) is 6.03. The number of hydroxylamine groups is 2. The molecule has 0 bridgehead atoms. The molecular formula is C23H32N2O6. The van der Waals surface area contributed by atoms with Gasteiger partial charge in [0.2, 0.25) is 0 Å². The standard InChI is InChI=1S/C23H32N2O6/c1-20(2,3)30-19(27)24-14-22(15-24)13-23(12-21(4,5)31-25(22)23)18(26)29-11-16-7-9-17(28-6)10-8-16/h7-10H,11-15H2,1-6H3. The van der Waals surface area contributed by atoms with Gasteiger partial charge in [-0.15, -0.1) is 0 Å². The van der Waals surface area contributed by atoms with E-state index in [9.17, 15) is 9.59 Å². The molecule has 3 heterocycles. The monoisotopic (exact) mass is 432 g/mol. The van der Waals surface area contributed by atoms with Crippen molar-refractivity contribution in [2.45, 2.75) is 76.3 Å². The number of hydrogen-bond acceptors (Lipinski definition) is 7. The number of methoxy groups -OCH3 is 1. The van der Waals surface area contributed by atoms with Crippen molar-refractivity contribution in [3.8, 4) is 5.75 Å². The number of amides is 1. The van der Waals surface area contributed by atoms with Gasteiger partial charge in [-0.25, -0.2) is 9.59 Å². The van der Waals surface area contributed by atoms with Crippen LogP contribution >= 0.6 is 0 Å². The van der Waals surface area contributed by atoms with Crippen molar-refractivity contribution in [3.05, 3.63) is 29.8 Å². The Labute approximate surface area is 183 Å². The molecule has 1 unspecified atom stereocenters. The lowest BCUT2D eigenvalue weighted by Gasteiger charge is -2.65. The van der Waals surface area contributed by atoms with Crippen LogP contribution in [0.4, 0.5) is 4.79 Å². The number of likely N-dealkylation sites (tertiary alicyclic amines) is 1. The molecule has 0 radical (unpaired) electrons. The Balaban J connectivity index is 1.41. The van der Waals surface area contributed by atoms with Gasteiger partial charge in [-0.2, -0.15) is 5.06 Å². The summed E-state index contributed by atoms with van der Waals surface area (Å²) in [5.41, 5.74) is -1.29. The van der Waals surface area contributed by atoms with Gasteiger partial charge in [-0.3, -0.25) is 4.84 Å². The second-order valence-corrected chi connectivity index (χ2v) is 10.5. The van der Waals surface area contributed by atoms with E-state index in [0.29, 0.717) is 25.9 Å². The minimum Gasteiger partial charge on any atom is -0.497 e. The molecular weight excluding hydrogens is 400 g/mol. The molecule has 0 aliphatic carbocycles. The molecule has 1 atom stereocenters. The van der Waals surface area contributed by atoms with Crippen molar-refractivity contribution >= 4 is 12.1 Å². The fraction of sp³-hybridized carbons (Fsp3) is 0.652. The van der Waals surface area contributed by atoms with Gasteiger partial charge in [0.1, 0.15) is 23.5 Å². The summed E-state index contributed by atoms with van der Waals surface area (Å²) in [6.07, 6.45) is 0.816. The van der Waals surface area contributed by atoms with Crippen LogP contribution in [0.3, 0.4) is 0 Å². The minimum atomic E-state index is -0.810. The number of nitrogens with zero attached hydrogens (tertiary/aromatic N) is 2. The van der Waals surface area contributed by atoms with Crippen molar-refractivity contribution < 1.29 is 28.6 Å². The van der Waals surface area contributed by atoms with E-state index < -0.39 is 16.7 Å². The molecule has 1 amide bonds. The number of ether oxygens (including phenoxy) is 3. The first kappa shape index (κ1) is 21.9. The molecule has 170 valence electrons. The number of fused-ring (bicyclic) bond motifs is 2. The Morgan fingerprint density at radius 3 is 2.32 bits per heavy atom. The summed E-state index contributed by atoms with van der Waals surface area (Å²) < 4.78 is 16.3. The minimum absolute atomic E-state index is 0.190. The van der Waals surface area contributed by atoms with Crippen LogP contribution in [-0.4, -0.2) is 64.5 Å². The Kier molecular flexibility index (Phi) is 5.01. The predicted octanol–water partition coefficient (Wildman–Crippen LogP) is 3.29. The molecule has 8 nitrogen and oxygen atoms in total. The summed E-state index contributed by atoms with van der Waals surface area (Å²) in [6.45, 7) is 10.6. The summed E-state index contributed by atoms with van der Waals surface area (Å²) in [4.78, 5) is 33.4. The molecule has 3 aliphatic heterocycles. The van der Waals surface area contributed by atoms with E-state index in [1.165, 1.54) is 0 Å². The number of rotatable bonds is 4. The number of benzene rings is 1. The number of carbonyl (C=O) groups is 2. The van der Waals surface area contributed by atoms with E-state index in [1.54, 1.807) is 17.1 Å². The van der Waals surface area contributed by atoms with Gasteiger partial charge in [0, 0.05) is 25.9 Å². The van der Waals surface area contributed by atoms with Gasteiger partial charge in [0.15, 0.2) is 0 Å². The second-order valence-electron chi connectivity index (χ2n) is 10.5. The molecule has 0 saturated carbocycles. The molecule has 31 heavy (non-hydrogen) atoms. The normalized spacial score (nSPS) is 25.9. The van der Waals surface area contributed by atoms with Crippen LogP contribution in [-0.2, 0) is 25.7 Å². The summed E-state index contributed by atoms with van der Waals surface area (Å²) in [5.74, 6) is 0.474. The Hall–Kier alpha value is -2.32. The quantitative estimate of drug-likeness (QED) is 0.676. The van der Waals surface area contributed by atoms with E-state index in [1.807, 2.05) is 58.9 Å². The Morgan fingerprint density at radius 2 is 1.74 bits per heavy atom. The highest BCUT2D eigenvalue weighted by Crippen LogP contribution is 2.59. The average Bonchev–Trinajstić information content (AvgIpc) is 2.86. The van der Waals surface area contributed by atoms with Gasteiger partial charge in [-0.1, -0.05) is 12.1 Å². The smallest absolute Gasteiger partial charge is 0.410 e. The molecule has 1 aromatic rings. The van der Waals surface area contributed by atoms with Gasteiger partial charge in [0.25, 0.3) is 0 Å². The first-order chi connectivity index (χ1) is 14.4. The fourth-order valence-electron chi connectivity index (χ4n) is 4.95. The Morgan fingerprint density at radius 1 is 1.10 bits per heavy atom. The number of hydrogen-bond donors (Lipinski definition) is 0. The molecule has 1 aromatic carbocycles. The number of esters is 1. The highest BCUT2D eigenvalue weighted by atomic mass is 16.7. The van der Waals surface area contributed by atoms with E-state index in [4.69, 9.17) is 19.0 Å². The van der Waals surface area contributed by atoms with Crippen LogP contribution in [0.25, 0.3) is 0 Å². The van der Waals surface area contributed by atoms with E-state index in [2.05, 4.69) is 0 Å². The van der Waals surface area contributed by atoms with Crippen LogP contribution in [0.2, 0.25) is 0 Å².